The van der Waals surface area contributed by atoms with Crippen LogP contribution in [0.3, 0.4) is 0 Å². The van der Waals surface area contributed by atoms with Gasteiger partial charge in [-0.2, -0.15) is 5.26 Å². The van der Waals surface area contributed by atoms with Crippen molar-refractivity contribution >= 4 is 17.7 Å². The van der Waals surface area contributed by atoms with E-state index in [4.69, 9.17) is 0 Å². The van der Waals surface area contributed by atoms with Gasteiger partial charge in [0.15, 0.2) is 0 Å². The zero-order valence-electron chi connectivity index (χ0n) is 14.7. The molecule has 0 fully saturated rings. The summed E-state index contributed by atoms with van der Waals surface area (Å²) in [6.07, 6.45) is 0. The van der Waals surface area contributed by atoms with Crippen LogP contribution in [-0.4, -0.2) is 37.0 Å². The number of hydrogen-bond donors (Lipinski definition) is 1. The molecule has 0 heterocycles. The molecule has 0 aliphatic heterocycles. The number of hydrogen-bond acceptors (Lipinski definition) is 4. The maximum Gasteiger partial charge on any atom is 0.252 e. The number of rotatable bonds is 8. The molecule has 5 heteroatoms. The molecule has 130 valence electrons. The number of nitriles is 1. The van der Waals surface area contributed by atoms with Gasteiger partial charge in [0.25, 0.3) is 5.91 Å². The van der Waals surface area contributed by atoms with Crippen molar-refractivity contribution in [1.82, 2.24) is 10.2 Å². The Morgan fingerprint density at radius 3 is 2.40 bits per heavy atom. The maximum atomic E-state index is 12.6. The van der Waals surface area contributed by atoms with Gasteiger partial charge in [0.2, 0.25) is 0 Å². The molecule has 1 N–H and O–H groups in total. The lowest BCUT2D eigenvalue weighted by molar-refractivity contribution is 0.0946. The van der Waals surface area contributed by atoms with Gasteiger partial charge in [-0.3, -0.25) is 4.79 Å². The number of nitrogens with zero attached hydrogens (tertiary/aromatic N) is 2. The second-order valence-electron chi connectivity index (χ2n) is 5.49. The normalized spacial score (nSPS) is 10.5. The van der Waals surface area contributed by atoms with Gasteiger partial charge in [0.1, 0.15) is 6.07 Å². The third-order valence-electron chi connectivity index (χ3n) is 3.97. The monoisotopic (exact) mass is 353 g/mol. The van der Waals surface area contributed by atoms with Crippen LogP contribution < -0.4 is 5.32 Å². The summed E-state index contributed by atoms with van der Waals surface area (Å²) < 4.78 is 0. The molecule has 0 radical (unpaired) electrons. The van der Waals surface area contributed by atoms with Gasteiger partial charge in [-0.15, -0.1) is 0 Å². The SMILES string of the molecule is CCN(CC)CCNC(=O)c1ccccc1Sc1ccccc1C#N. The van der Waals surface area contributed by atoms with Crippen LogP contribution in [0.2, 0.25) is 0 Å². The Morgan fingerprint density at radius 1 is 1.08 bits per heavy atom. The summed E-state index contributed by atoms with van der Waals surface area (Å²) in [6, 6.07) is 17.1. The lowest BCUT2D eigenvalue weighted by Gasteiger charge is -2.18. The first-order valence-corrected chi connectivity index (χ1v) is 9.27. The van der Waals surface area contributed by atoms with Crippen LogP contribution in [0.5, 0.6) is 0 Å². The smallest absolute Gasteiger partial charge is 0.252 e. The van der Waals surface area contributed by atoms with Crippen LogP contribution in [0.4, 0.5) is 0 Å². The molecule has 1 amide bonds. The highest BCUT2D eigenvalue weighted by Crippen LogP contribution is 2.32. The molecule has 4 nitrogen and oxygen atoms in total. The van der Waals surface area contributed by atoms with Crippen molar-refractivity contribution < 1.29 is 4.79 Å². The Hall–Kier alpha value is -2.29. The molecule has 2 rings (SSSR count). The molecular weight excluding hydrogens is 330 g/mol. The van der Waals surface area contributed by atoms with Crippen molar-refractivity contribution in [2.75, 3.05) is 26.2 Å². The van der Waals surface area contributed by atoms with Gasteiger partial charge >= 0.3 is 0 Å². The lowest BCUT2D eigenvalue weighted by atomic mass is 10.2. The Morgan fingerprint density at radius 2 is 1.72 bits per heavy atom. The van der Waals surface area contributed by atoms with Gasteiger partial charge in [0.05, 0.1) is 11.1 Å². The van der Waals surface area contributed by atoms with E-state index in [1.165, 1.54) is 11.8 Å². The number of nitrogens with one attached hydrogen (secondary N) is 1. The number of amides is 1. The average molecular weight is 353 g/mol. The highest BCUT2D eigenvalue weighted by atomic mass is 32.2. The van der Waals surface area contributed by atoms with Gasteiger partial charge in [0, 0.05) is 22.9 Å². The molecule has 0 aliphatic rings. The van der Waals surface area contributed by atoms with Crippen LogP contribution in [0.15, 0.2) is 58.3 Å². The largest absolute Gasteiger partial charge is 0.351 e. The molecule has 2 aromatic rings. The van der Waals surface area contributed by atoms with Crippen molar-refractivity contribution in [3.05, 3.63) is 59.7 Å². The first kappa shape index (κ1) is 19.0. The predicted octanol–water partition coefficient (Wildman–Crippen LogP) is 3.78. The standard InChI is InChI=1S/C20H23N3OS/c1-3-23(4-2)14-13-22-20(24)17-10-6-8-12-19(17)25-18-11-7-5-9-16(18)15-21/h5-12H,3-4,13-14H2,1-2H3,(H,22,24). The van der Waals surface area contributed by atoms with E-state index in [-0.39, 0.29) is 5.91 Å². The number of carbonyl (C=O) groups excluding carboxylic acids is 1. The van der Waals surface area contributed by atoms with Gasteiger partial charge in [-0.1, -0.05) is 49.9 Å². The zero-order chi connectivity index (χ0) is 18.1. The summed E-state index contributed by atoms with van der Waals surface area (Å²) in [7, 11) is 0. The Kier molecular flexibility index (Phi) is 7.52. The van der Waals surface area contributed by atoms with E-state index in [9.17, 15) is 10.1 Å². The van der Waals surface area contributed by atoms with E-state index < -0.39 is 0 Å². The minimum absolute atomic E-state index is 0.0790. The quantitative estimate of drug-likeness (QED) is 0.785. The summed E-state index contributed by atoms with van der Waals surface area (Å²) in [4.78, 5) is 16.5. The fourth-order valence-corrected chi connectivity index (χ4v) is 3.50. The molecule has 0 saturated carbocycles. The summed E-state index contributed by atoms with van der Waals surface area (Å²) >= 11 is 1.45. The van der Waals surface area contributed by atoms with Crippen molar-refractivity contribution in [2.24, 2.45) is 0 Å². The molecule has 2 aromatic carbocycles. The molecule has 0 atom stereocenters. The third kappa shape index (κ3) is 5.35. The van der Waals surface area contributed by atoms with E-state index >= 15 is 0 Å². The van der Waals surface area contributed by atoms with Crippen molar-refractivity contribution in [3.63, 3.8) is 0 Å². The minimum Gasteiger partial charge on any atom is -0.351 e. The van der Waals surface area contributed by atoms with Crippen molar-refractivity contribution in [2.45, 2.75) is 23.6 Å². The summed E-state index contributed by atoms with van der Waals surface area (Å²) in [5.74, 6) is -0.0790. The first-order chi connectivity index (χ1) is 12.2. The molecule has 0 bridgehead atoms. The number of carbonyl (C=O) groups is 1. The topological polar surface area (TPSA) is 56.1 Å². The van der Waals surface area contributed by atoms with Crippen molar-refractivity contribution in [1.29, 1.82) is 5.26 Å². The molecule has 0 saturated heterocycles. The Labute approximate surface area is 153 Å². The van der Waals surface area contributed by atoms with E-state index in [0.717, 1.165) is 29.4 Å². The second kappa shape index (κ2) is 9.87. The van der Waals surface area contributed by atoms with E-state index in [2.05, 4.69) is 30.1 Å². The molecule has 0 aromatic heterocycles. The van der Waals surface area contributed by atoms with Crippen LogP contribution in [0.25, 0.3) is 0 Å². The highest BCUT2D eigenvalue weighted by molar-refractivity contribution is 7.99. The Balaban J connectivity index is 2.10. The van der Waals surface area contributed by atoms with Crippen molar-refractivity contribution in [3.8, 4) is 6.07 Å². The van der Waals surface area contributed by atoms with Gasteiger partial charge < -0.3 is 10.2 Å². The molecule has 25 heavy (non-hydrogen) atoms. The van der Waals surface area contributed by atoms with Gasteiger partial charge in [-0.25, -0.2) is 0 Å². The first-order valence-electron chi connectivity index (χ1n) is 8.46. The minimum atomic E-state index is -0.0790. The zero-order valence-corrected chi connectivity index (χ0v) is 15.5. The van der Waals surface area contributed by atoms with E-state index in [0.29, 0.717) is 17.7 Å². The van der Waals surface area contributed by atoms with E-state index in [1.54, 1.807) is 6.07 Å². The fraction of sp³-hybridized carbons (Fsp3) is 0.300. The predicted molar refractivity (Wildman–Crippen MR) is 102 cm³/mol. The van der Waals surface area contributed by atoms with E-state index in [1.807, 2.05) is 42.5 Å². The third-order valence-corrected chi connectivity index (χ3v) is 5.12. The molecular formula is C20H23N3OS. The number of likely N-dealkylation sites (N-methyl/N-ethyl adjacent to an activating group) is 1. The summed E-state index contributed by atoms with van der Waals surface area (Å²) in [5.41, 5.74) is 1.25. The summed E-state index contributed by atoms with van der Waals surface area (Å²) in [6.45, 7) is 7.64. The van der Waals surface area contributed by atoms with Crippen LogP contribution >= 0.6 is 11.8 Å². The molecule has 0 unspecified atom stereocenters. The lowest BCUT2D eigenvalue weighted by Crippen LogP contribution is -2.34. The fourth-order valence-electron chi connectivity index (χ4n) is 2.47. The number of benzene rings is 2. The highest BCUT2D eigenvalue weighted by Gasteiger charge is 2.13. The van der Waals surface area contributed by atoms with Crippen LogP contribution in [-0.2, 0) is 0 Å². The second-order valence-corrected chi connectivity index (χ2v) is 6.57. The van der Waals surface area contributed by atoms with Crippen LogP contribution in [0, 0.1) is 11.3 Å². The van der Waals surface area contributed by atoms with Crippen LogP contribution in [0.1, 0.15) is 29.8 Å². The molecule has 0 aliphatic carbocycles. The maximum absolute atomic E-state index is 12.6. The Bertz CT molecular complexity index is 751. The van der Waals surface area contributed by atoms with Gasteiger partial charge in [-0.05, 0) is 37.4 Å². The molecule has 0 spiro atoms. The average Bonchev–Trinajstić information content (AvgIpc) is 2.66. The summed E-state index contributed by atoms with van der Waals surface area (Å²) in [5, 5.41) is 12.2.